The number of halogens is 2. The van der Waals surface area contributed by atoms with Gasteiger partial charge in [-0.15, -0.1) is 0 Å². The highest BCUT2D eigenvalue weighted by Gasteiger charge is 2.14. The van der Waals surface area contributed by atoms with E-state index in [1.807, 2.05) is 0 Å². The van der Waals surface area contributed by atoms with Crippen LogP contribution in [0.25, 0.3) is 0 Å². The molecule has 2 aromatic rings. The molecule has 0 aromatic heterocycles. The van der Waals surface area contributed by atoms with Gasteiger partial charge in [0.05, 0.1) is 34.4 Å². The fourth-order valence-corrected chi connectivity index (χ4v) is 2.32. The lowest BCUT2D eigenvalue weighted by atomic mass is 10.2. The molecule has 0 heterocycles. The van der Waals surface area contributed by atoms with Crippen molar-refractivity contribution in [3.05, 3.63) is 57.6 Å². The quantitative estimate of drug-likeness (QED) is 0.477. The van der Waals surface area contributed by atoms with Gasteiger partial charge in [0.1, 0.15) is 11.5 Å². The number of hydrogen-bond acceptors (Lipinski definition) is 6. The Morgan fingerprint density at radius 2 is 1.22 bits per heavy atom. The monoisotopic (exact) mass is 409 g/mol. The molecule has 0 N–H and O–H groups in total. The Labute approximate surface area is 167 Å². The van der Waals surface area contributed by atoms with E-state index in [4.69, 9.17) is 42.0 Å². The minimum atomic E-state index is -0.495. The molecule has 2 rings (SSSR count). The third-order valence-electron chi connectivity index (χ3n) is 3.23. The number of hydrogen-bond donors (Lipinski definition) is 0. The minimum absolute atomic E-state index is 0.194. The van der Waals surface area contributed by atoms with E-state index in [1.54, 1.807) is 13.8 Å². The van der Waals surface area contributed by atoms with Crippen molar-refractivity contribution in [3.8, 4) is 11.5 Å². The van der Waals surface area contributed by atoms with Crippen LogP contribution in [0.15, 0.2) is 36.4 Å². The summed E-state index contributed by atoms with van der Waals surface area (Å²) in [5.41, 5.74) is 0.569. The van der Waals surface area contributed by atoms with E-state index < -0.39 is 11.9 Å². The molecule has 0 amide bonds. The minimum Gasteiger partial charge on any atom is -0.525 e. The van der Waals surface area contributed by atoms with Crippen LogP contribution in [0.5, 0.6) is 11.5 Å². The Hall–Kier alpha value is -2.38. The zero-order valence-electron chi connectivity index (χ0n) is 14.7. The Morgan fingerprint density at radius 3 is 1.59 bits per heavy atom. The first kappa shape index (κ1) is 20.9. The summed E-state index contributed by atoms with van der Waals surface area (Å²) in [6.07, 6.45) is 0. The SMILES string of the molecule is CCOC(=O)c1ccc(Cl)c(O[B]Oc2cc(C(=O)OCC)ccc2Cl)c1. The average Bonchev–Trinajstić information content (AvgIpc) is 2.65. The van der Waals surface area contributed by atoms with E-state index in [2.05, 4.69) is 0 Å². The number of rotatable bonds is 8. The predicted molar refractivity (Wildman–Crippen MR) is 102 cm³/mol. The Kier molecular flexibility index (Phi) is 7.82. The molecule has 0 saturated heterocycles. The van der Waals surface area contributed by atoms with Crippen molar-refractivity contribution in [2.24, 2.45) is 0 Å². The maximum Gasteiger partial charge on any atom is 0.658 e. The van der Waals surface area contributed by atoms with Gasteiger partial charge in [0, 0.05) is 0 Å². The first-order chi connectivity index (χ1) is 13.0. The van der Waals surface area contributed by atoms with Gasteiger partial charge in [-0.2, -0.15) is 0 Å². The van der Waals surface area contributed by atoms with Crippen LogP contribution in [0.2, 0.25) is 10.0 Å². The zero-order chi connectivity index (χ0) is 19.8. The van der Waals surface area contributed by atoms with Crippen LogP contribution in [0.4, 0.5) is 0 Å². The highest BCUT2D eigenvalue weighted by atomic mass is 35.5. The molecule has 27 heavy (non-hydrogen) atoms. The highest BCUT2D eigenvalue weighted by molar-refractivity contribution is 6.34. The van der Waals surface area contributed by atoms with Crippen LogP contribution in [-0.4, -0.2) is 32.8 Å². The van der Waals surface area contributed by atoms with Crippen LogP contribution in [0, 0.1) is 0 Å². The third kappa shape index (κ3) is 5.81. The number of carbonyl (C=O) groups excluding carboxylic acids is 2. The van der Waals surface area contributed by atoms with Crippen LogP contribution >= 0.6 is 23.2 Å². The highest BCUT2D eigenvalue weighted by Crippen LogP contribution is 2.28. The summed E-state index contributed by atoms with van der Waals surface area (Å²) in [5, 5.41) is 0.545. The fraction of sp³-hybridized carbons (Fsp3) is 0.222. The molecule has 0 atom stereocenters. The summed E-state index contributed by atoms with van der Waals surface area (Å²) in [4.78, 5) is 23.6. The second-order valence-electron chi connectivity index (χ2n) is 5.06. The molecule has 0 aliphatic heterocycles. The zero-order valence-corrected chi connectivity index (χ0v) is 16.2. The molecule has 0 saturated carbocycles. The molecule has 141 valence electrons. The smallest absolute Gasteiger partial charge is 0.525 e. The normalized spacial score (nSPS) is 10.1. The molecule has 0 fully saturated rings. The molecule has 6 nitrogen and oxygen atoms in total. The summed E-state index contributed by atoms with van der Waals surface area (Å²) in [6.45, 7) is 3.92. The van der Waals surface area contributed by atoms with Crippen molar-refractivity contribution in [2.75, 3.05) is 13.2 Å². The number of esters is 2. The molecule has 1 radical (unpaired) electrons. The maximum absolute atomic E-state index is 11.8. The molecule has 0 aliphatic rings. The topological polar surface area (TPSA) is 71.1 Å². The Balaban J connectivity index is 2.06. The van der Waals surface area contributed by atoms with Gasteiger partial charge in [0.2, 0.25) is 0 Å². The van der Waals surface area contributed by atoms with Crippen molar-refractivity contribution in [3.63, 3.8) is 0 Å². The van der Waals surface area contributed by atoms with Gasteiger partial charge in [-0.25, -0.2) is 9.59 Å². The third-order valence-corrected chi connectivity index (χ3v) is 3.86. The molecule has 0 unspecified atom stereocenters. The molecule has 0 aliphatic carbocycles. The second kappa shape index (κ2) is 10.1. The van der Waals surface area contributed by atoms with Crippen molar-refractivity contribution in [1.29, 1.82) is 0 Å². The largest absolute Gasteiger partial charge is 0.658 e. The summed E-state index contributed by atoms with van der Waals surface area (Å²) < 4.78 is 20.6. The second-order valence-corrected chi connectivity index (χ2v) is 5.88. The fourth-order valence-electron chi connectivity index (χ4n) is 2.00. The first-order valence-electron chi connectivity index (χ1n) is 8.04. The van der Waals surface area contributed by atoms with Crippen molar-refractivity contribution < 1.29 is 28.4 Å². The van der Waals surface area contributed by atoms with Crippen molar-refractivity contribution in [2.45, 2.75) is 13.8 Å². The van der Waals surface area contributed by atoms with Crippen molar-refractivity contribution in [1.82, 2.24) is 0 Å². The Bertz CT molecular complexity index is 760. The van der Waals surface area contributed by atoms with E-state index >= 15 is 0 Å². The standard InChI is InChI=1S/C18H16BCl2O6/c1-3-24-17(22)11-5-7-13(20)15(9-11)26-19-27-16-10-12(6-8-14(16)21)18(23)25-4-2/h5-10H,3-4H2,1-2H3. The van der Waals surface area contributed by atoms with E-state index in [9.17, 15) is 9.59 Å². The maximum atomic E-state index is 11.8. The van der Waals surface area contributed by atoms with Crippen LogP contribution in [-0.2, 0) is 9.47 Å². The molecule has 0 bridgehead atoms. The van der Waals surface area contributed by atoms with Crippen LogP contribution in [0.3, 0.4) is 0 Å². The van der Waals surface area contributed by atoms with Gasteiger partial charge in [-0.1, -0.05) is 23.2 Å². The lowest BCUT2D eigenvalue weighted by Gasteiger charge is -2.11. The average molecular weight is 410 g/mol. The molecular weight excluding hydrogens is 394 g/mol. The van der Waals surface area contributed by atoms with Crippen LogP contribution in [0.1, 0.15) is 34.6 Å². The first-order valence-corrected chi connectivity index (χ1v) is 8.80. The van der Waals surface area contributed by atoms with E-state index in [0.29, 0.717) is 0 Å². The lowest BCUT2D eigenvalue weighted by molar-refractivity contribution is 0.0516. The summed E-state index contributed by atoms with van der Waals surface area (Å²) >= 11 is 12.1. The van der Waals surface area contributed by atoms with Gasteiger partial charge >= 0.3 is 19.6 Å². The molecule has 9 heteroatoms. The van der Waals surface area contributed by atoms with Crippen LogP contribution < -0.4 is 9.31 Å². The van der Waals surface area contributed by atoms with Gasteiger partial charge in [0.15, 0.2) is 0 Å². The molecular formula is C18H16BCl2O6. The number of carbonyl (C=O) groups is 2. The van der Waals surface area contributed by atoms with Gasteiger partial charge in [0.25, 0.3) is 0 Å². The lowest BCUT2D eigenvalue weighted by Crippen LogP contribution is -2.13. The number of benzene rings is 2. The summed E-state index contributed by atoms with van der Waals surface area (Å²) in [7, 11) is 0.992. The van der Waals surface area contributed by atoms with Gasteiger partial charge in [-0.3, -0.25) is 0 Å². The number of ether oxygens (including phenoxy) is 2. The van der Waals surface area contributed by atoms with E-state index in [0.717, 1.165) is 7.69 Å². The van der Waals surface area contributed by atoms with Gasteiger partial charge < -0.3 is 18.8 Å². The summed E-state index contributed by atoms with van der Waals surface area (Å²) in [5.74, 6) is -0.602. The molecule has 2 aromatic carbocycles. The summed E-state index contributed by atoms with van der Waals surface area (Å²) in [6, 6.07) is 8.91. The predicted octanol–water partition coefficient (Wildman–Crippen LogP) is 4.34. The van der Waals surface area contributed by atoms with Crippen molar-refractivity contribution >= 4 is 42.8 Å². The van der Waals surface area contributed by atoms with E-state index in [1.165, 1.54) is 36.4 Å². The van der Waals surface area contributed by atoms with E-state index in [-0.39, 0.29) is 45.9 Å². The Morgan fingerprint density at radius 1 is 0.815 bits per heavy atom. The molecule has 0 spiro atoms. The van der Waals surface area contributed by atoms with Gasteiger partial charge in [-0.05, 0) is 50.2 Å².